The van der Waals surface area contributed by atoms with Crippen LogP contribution in [-0.4, -0.2) is 19.0 Å². The summed E-state index contributed by atoms with van der Waals surface area (Å²) in [6.07, 6.45) is 2.10. The molecular formula is C10H15ClN2OS. The van der Waals surface area contributed by atoms with Crippen LogP contribution in [0, 0.1) is 5.92 Å². The van der Waals surface area contributed by atoms with E-state index >= 15 is 0 Å². The van der Waals surface area contributed by atoms with Crippen LogP contribution in [0.5, 0.6) is 0 Å². The van der Waals surface area contributed by atoms with Crippen LogP contribution in [0.4, 0.5) is 5.69 Å². The lowest BCUT2D eigenvalue weighted by Crippen LogP contribution is -2.37. The van der Waals surface area contributed by atoms with E-state index in [1.54, 1.807) is 11.3 Å². The second-order valence-corrected chi connectivity index (χ2v) is 4.32. The van der Waals surface area contributed by atoms with Gasteiger partial charge < -0.3 is 10.6 Å². The van der Waals surface area contributed by atoms with E-state index in [0.29, 0.717) is 0 Å². The fourth-order valence-corrected chi connectivity index (χ4v) is 2.24. The van der Waals surface area contributed by atoms with Gasteiger partial charge in [-0.25, -0.2) is 0 Å². The Labute approximate surface area is 99.7 Å². The molecule has 1 aromatic rings. The van der Waals surface area contributed by atoms with Crippen molar-refractivity contribution in [3.8, 4) is 0 Å². The number of carbonyl (C=O) groups excluding carboxylic acids is 1. The zero-order chi connectivity index (χ0) is 9.80. The third-order valence-corrected chi connectivity index (χ3v) is 3.14. The number of halogens is 1. The predicted octanol–water partition coefficient (Wildman–Crippen LogP) is 2.11. The lowest BCUT2D eigenvalue weighted by Gasteiger charge is -2.21. The predicted molar refractivity (Wildman–Crippen MR) is 65.8 cm³/mol. The Kier molecular flexibility index (Phi) is 5.08. The smallest absolute Gasteiger partial charge is 0.228 e. The van der Waals surface area contributed by atoms with E-state index < -0.39 is 0 Å². The molecule has 0 bridgehead atoms. The fraction of sp³-hybridized carbons (Fsp3) is 0.500. The molecule has 2 heterocycles. The molecule has 1 aliphatic rings. The van der Waals surface area contributed by atoms with E-state index in [0.717, 1.165) is 31.6 Å². The zero-order valence-corrected chi connectivity index (χ0v) is 10.00. The Morgan fingerprint density at radius 3 is 3.07 bits per heavy atom. The Balaban J connectivity index is 0.00000112. The highest BCUT2D eigenvalue weighted by Crippen LogP contribution is 2.16. The summed E-state index contributed by atoms with van der Waals surface area (Å²) in [5.41, 5.74) is 0.922. The van der Waals surface area contributed by atoms with E-state index in [4.69, 9.17) is 0 Å². The molecule has 1 atom stereocenters. The molecule has 0 saturated carbocycles. The molecule has 5 heteroatoms. The van der Waals surface area contributed by atoms with Crippen LogP contribution in [0.25, 0.3) is 0 Å². The normalized spacial score (nSPS) is 20.4. The Morgan fingerprint density at radius 1 is 1.60 bits per heavy atom. The Morgan fingerprint density at radius 2 is 2.47 bits per heavy atom. The van der Waals surface area contributed by atoms with Gasteiger partial charge in [0.15, 0.2) is 0 Å². The summed E-state index contributed by atoms with van der Waals surface area (Å²) in [4.78, 5) is 11.7. The van der Waals surface area contributed by atoms with Crippen molar-refractivity contribution in [2.24, 2.45) is 5.92 Å². The van der Waals surface area contributed by atoms with Crippen molar-refractivity contribution in [3.05, 3.63) is 16.8 Å². The average Bonchev–Trinajstić information content (AvgIpc) is 2.72. The first kappa shape index (κ1) is 12.5. The van der Waals surface area contributed by atoms with Crippen molar-refractivity contribution >= 4 is 35.3 Å². The standard InChI is InChI=1S/C10H14N2OS.ClH/c13-10(8-2-1-4-11-6-8)12-9-3-5-14-7-9;/h3,5,7-8,11H,1-2,4,6H2,(H,12,13);1H/t8-;/m1./s1. The van der Waals surface area contributed by atoms with Crippen LogP contribution in [0.1, 0.15) is 12.8 Å². The average molecular weight is 247 g/mol. The quantitative estimate of drug-likeness (QED) is 0.839. The first-order chi connectivity index (χ1) is 6.86. The molecule has 0 aromatic carbocycles. The number of hydrogen-bond acceptors (Lipinski definition) is 3. The number of piperidine rings is 1. The molecule has 1 fully saturated rings. The summed E-state index contributed by atoms with van der Waals surface area (Å²) >= 11 is 1.60. The summed E-state index contributed by atoms with van der Waals surface area (Å²) in [6.45, 7) is 1.86. The highest BCUT2D eigenvalue weighted by molar-refractivity contribution is 7.08. The van der Waals surface area contributed by atoms with Crippen molar-refractivity contribution in [3.63, 3.8) is 0 Å². The summed E-state index contributed by atoms with van der Waals surface area (Å²) < 4.78 is 0. The molecule has 3 nitrogen and oxygen atoms in total. The van der Waals surface area contributed by atoms with Gasteiger partial charge in [0.1, 0.15) is 0 Å². The van der Waals surface area contributed by atoms with E-state index in [9.17, 15) is 4.79 Å². The number of amides is 1. The van der Waals surface area contributed by atoms with Crippen LogP contribution in [0.3, 0.4) is 0 Å². The fourth-order valence-electron chi connectivity index (χ4n) is 1.66. The molecule has 1 saturated heterocycles. The molecule has 1 aromatic heterocycles. The third kappa shape index (κ3) is 3.48. The number of thiophene rings is 1. The molecule has 1 aliphatic heterocycles. The van der Waals surface area contributed by atoms with Crippen LogP contribution < -0.4 is 10.6 Å². The van der Waals surface area contributed by atoms with E-state index in [1.807, 2.05) is 16.8 Å². The number of hydrogen-bond donors (Lipinski definition) is 2. The SMILES string of the molecule is Cl.O=C(Nc1ccsc1)[C@@H]1CCCNC1. The van der Waals surface area contributed by atoms with Gasteiger partial charge in [0.25, 0.3) is 0 Å². The summed E-state index contributed by atoms with van der Waals surface area (Å²) in [7, 11) is 0. The van der Waals surface area contributed by atoms with Crippen LogP contribution in [0.2, 0.25) is 0 Å². The van der Waals surface area contributed by atoms with Crippen LogP contribution >= 0.6 is 23.7 Å². The van der Waals surface area contributed by atoms with E-state index in [1.165, 1.54) is 0 Å². The van der Waals surface area contributed by atoms with Crippen molar-refractivity contribution in [1.82, 2.24) is 5.32 Å². The Bertz CT molecular complexity index is 296. The topological polar surface area (TPSA) is 41.1 Å². The minimum atomic E-state index is 0. The van der Waals surface area contributed by atoms with Gasteiger partial charge in [-0.2, -0.15) is 11.3 Å². The number of anilines is 1. The Hall–Kier alpha value is -0.580. The van der Waals surface area contributed by atoms with Gasteiger partial charge in [-0.15, -0.1) is 12.4 Å². The minimum Gasteiger partial charge on any atom is -0.325 e. The molecule has 0 spiro atoms. The monoisotopic (exact) mass is 246 g/mol. The van der Waals surface area contributed by atoms with Gasteiger partial charge in [0.05, 0.1) is 11.6 Å². The molecule has 0 aliphatic carbocycles. The molecule has 1 amide bonds. The first-order valence-corrected chi connectivity index (χ1v) is 5.84. The van der Waals surface area contributed by atoms with Gasteiger partial charge in [-0.1, -0.05) is 0 Å². The van der Waals surface area contributed by atoms with Gasteiger partial charge >= 0.3 is 0 Å². The molecule has 2 rings (SSSR count). The zero-order valence-electron chi connectivity index (χ0n) is 8.36. The second-order valence-electron chi connectivity index (χ2n) is 3.54. The van der Waals surface area contributed by atoms with Crippen molar-refractivity contribution < 1.29 is 4.79 Å². The van der Waals surface area contributed by atoms with Gasteiger partial charge in [-0.3, -0.25) is 4.79 Å². The largest absolute Gasteiger partial charge is 0.325 e. The van der Waals surface area contributed by atoms with E-state index in [-0.39, 0.29) is 24.2 Å². The number of rotatable bonds is 2. The number of nitrogens with one attached hydrogen (secondary N) is 2. The van der Waals surface area contributed by atoms with Gasteiger partial charge in [-0.05, 0) is 30.8 Å². The maximum absolute atomic E-state index is 11.7. The summed E-state index contributed by atoms with van der Waals surface area (Å²) in [6, 6.07) is 1.93. The van der Waals surface area contributed by atoms with Gasteiger partial charge in [0.2, 0.25) is 5.91 Å². The second kappa shape index (κ2) is 6.10. The molecule has 0 unspecified atom stereocenters. The maximum Gasteiger partial charge on any atom is 0.228 e. The highest BCUT2D eigenvalue weighted by Gasteiger charge is 2.20. The van der Waals surface area contributed by atoms with Crippen molar-refractivity contribution in [2.45, 2.75) is 12.8 Å². The highest BCUT2D eigenvalue weighted by atomic mass is 35.5. The molecule has 15 heavy (non-hydrogen) atoms. The molecule has 2 N–H and O–H groups in total. The molecule has 84 valence electrons. The first-order valence-electron chi connectivity index (χ1n) is 4.90. The molecular weight excluding hydrogens is 232 g/mol. The lowest BCUT2D eigenvalue weighted by atomic mass is 9.99. The molecule has 0 radical (unpaired) electrons. The maximum atomic E-state index is 11.7. The van der Waals surface area contributed by atoms with Crippen molar-refractivity contribution in [2.75, 3.05) is 18.4 Å². The minimum absolute atomic E-state index is 0. The summed E-state index contributed by atoms with van der Waals surface area (Å²) in [5.74, 6) is 0.291. The van der Waals surface area contributed by atoms with Gasteiger partial charge in [0, 0.05) is 11.9 Å². The lowest BCUT2D eigenvalue weighted by molar-refractivity contribution is -0.120. The van der Waals surface area contributed by atoms with Crippen LogP contribution in [-0.2, 0) is 4.79 Å². The number of carbonyl (C=O) groups is 1. The van der Waals surface area contributed by atoms with Crippen LogP contribution in [0.15, 0.2) is 16.8 Å². The van der Waals surface area contributed by atoms with E-state index in [2.05, 4.69) is 10.6 Å². The van der Waals surface area contributed by atoms with Crippen molar-refractivity contribution in [1.29, 1.82) is 0 Å². The third-order valence-electron chi connectivity index (χ3n) is 2.46. The summed E-state index contributed by atoms with van der Waals surface area (Å²) in [5, 5.41) is 10.1.